The second kappa shape index (κ2) is 10.3. The monoisotopic (exact) mass is 457 g/mol. The summed E-state index contributed by atoms with van der Waals surface area (Å²) in [6, 6.07) is 16.6. The maximum Gasteiger partial charge on any atom is 0.322 e. The molecule has 168 valence electrons. The number of nitro groups is 1. The second-order valence-corrected chi connectivity index (χ2v) is 7.95. The molecule has 32 heavy (non-hydrogen) atoms. The van der Waals surface area contributed by atoms with Gasteiger partial charge in [-0.3, -0.25) is 10.1 Å². The van der Waals surface area contributed by atoms with E-state index in [2.05, 4.69) is 5.32 Å². The molecule has 2 amide bonds. The number of anilines is 1. The number of hydrogen-bond donors (Lipinski definition) is 2. The molecule has 0 aliphatic rings. The molecule has 1 unspecified atom stereocenters. The average Bonchev–Trinajstić information content (AvgIpc) is 2.76. The molecule has 0 aliphatic carbocycles. The lowest BCUT2D eigenvalue weighted by Crippen LogP contribution is -2.45. The molecular weight excluding hydrogens is 434 g/mol. The van der Waals surface area contributed by atoms with E-state index in [0.29, 0.717) is 5.75 Å². The number of hydrogen-bond acceptors (Lipinski definition) is 5. The van der Waals surface area contributed by atoms with Crippen molar-refractivity contribution >= 4 is 39.8 Å². The molecule has 3 aromatic rings. The minimum atomic E-state index is -0.936. The molecule has 1 atom stereocenters. The number of carbonyl (C=O) groups is 1. The first-order valence-corrected chi connectivity index (χ1v) is 10.4. The standard InChI is InChI=1S/C23H24ClN3O5/c1-15(2)26(23(29)25-21-11-10-17(27(30)31)12-20(21)24)13-18(28)14-32-22-9-5-7-16-6-3-4-8-19(16)22/h3-12,15,18,28H,13-14H2,1-2H3,(H,25,29). The quantitative estimate of drug-likeness (QED) is 0.362. The number of urea groups is 1. The highest BCUT2D eigenvalue weighted by Crippen LogP contribution is 2.27. The van der Waals surface area contributed by atoms with Gasteiger partial charge in [0, 0.05) is 23.6 Å². The molecule has 0 radical (unpaired) electrons. The first kappa shape index (κ1) is 23.3. The van der Waals surface area contributed by atoms with Gasteiger partial charge in [0.25, 0.3) is 5.69 Å². The summed E-state index contributed by atoms with van der Waals surface area (Å²) >= 11 is 6.07. The molecule has 0 heterocycles. The Balaban J connectivity index is 1.64. The molecule has 0 bridgehead atoms. The molecule has 0 spiro atoms. The fourth-order valence-electron chi connectivity index (χ4n) is 3.22. The van der Waals surface area contributed by atoms with Crippen LogP contribution in [0, 0.1) is 10.1 Å². The van der Waals surface area contributed by atoms with Crippen molar-refractivity contribution in [3.63, 3.8) is 0 Å². The molecule has 0 saturated heterocycles. The SMILES string of the molecule is CC(C)N(CC(O)COc1cccc2ccccc12)C(=O)Nc1ccc([N+](=O)[O-])cc1Cl. The van der Waals surface area contributed by atoms with Gasteiger partial charge in [0.1, 0.15) is 18.5 Å². The van der Waals surface area contributed by atoms with E-state index in [9.17, 15) is 20.0 Å². The highest BCUT2D eigenvalue weighted by atomic mass is 35.5. The number of nitrogens with one attached hydrogen (secondary N) is 1. The Hall–Kier alpha value is -3.36. The maximum absolute atomic E-state index is 12.8. The van der Waals surface area contributed by atoms with Gasteiger partial charge in [-0.25, -0.2) is 4.79 Å². The van der Waals surface area contributed by atoms with E-state index in [1.807, 2.05) is 56.3 Å². The summed E-state index contributed by atoms with van der Waals surface area (Å²) in [5.74, 6) is 0.653. The summed E-state index contributed by atoms with van der Waals surface area (Å²) in [6.45, 7) is 3.66. The Morgan fingerprint density at radius 1 is 1.19 bits per heavy atom. The maximum atomic E-state index is 12.8. The Kier molecular flexibility index (Phi) is 7.50. The number of non-ortho nitro benzene ring substituents is 1. The van der Waals surface area contributed by atoms with Crippen molar-refractivity contribution in [2.75, 3.05) is 18.5 Å². The number of nitrogens with zero attached hydrogens (tertiary/aromatic N) is 2. The minimum absolute atomic E-state index is 0.00277. The van der Waals surface area contributed by atoms with Crippen LogP contribution >= 0.6 is 11.6 Å². The van der Waals surface area contributed by atoms with E-state index >= 15 is 0 Å². The molecule has 2 N–H and O–H groups in total. The van der Waals surface area contributed by atoms with Gasteiger partial charge in [0.15, 0.2) is 0 Å². The van der Waals surface area contributed by atoms with Crippen LogP contribution < -0.4 is 10.1 Å². The molecule has 8 nitrogen and oxygen atoms in total. The molecule has 3 aromatic carbocycles. The van der Waals surface area contributed by atoms with Gasteiger partial charge >= 0.3 is 6.03 Å². The van der Waals surface area contributed by atoms with Gasteiger partial charge < -0.3 is 20.1 Å². The van der Waals surface area contributed by atoms with Crippen LogP contribution in [0.1, 0.15) is 13.8 Å². The van der Waals surface area contributed by atoms with E-state index in [-0.39, 0.29) is 35.6 Å². The Morgan fingerprint density at radius 3 is 2.59 bits per heavy atom. The van der Waals surface area contributed by atoms with Gasteiger partial charge in [-0.2, -0.15) is 0 Å². The van der Waals surface area contributed by atoms with Gasteiger partial charge in [-0.1, -0.05) is 48.0 Å². The third-order valence-corrected chi connectivity index (χ3v) is 5.19. The molecular formula is C23H24ClN3O5. The zero-order chi connectivity index (χ0) is 23.3. The summed E-state index contributed by atoms with van der Waals surface area (Å²) in [6.07, 6.45) is -0.936. The Morgan fingerprint density at radius 2 is 1.91 bits per heavy atom. The predicted octanol–water partition coefficient (Wildman–Crippen LogP) is 5.08. The zero-order valence-electron chi connectivity index (χ0n) is 17.7. The first-order chi connectivity index (χ1) is 15.3. The number of fused-ring (bicyclic) bond motifs is 1. The number of rotatable bonds is 8. The Bertz CT molecular complexity index is 1120. The van der Waals surface area contributed by atoms with Crippen molar-refractivity contribution in [3.8, 4) is 5.75 Å². The number of ether oxygens (including phenoxy) is 1. The summed E-state index contributed by atoms with van der Waals surface area (Å²) in [4.78, 5) is 24.5. The van der Waals surface area contributed by atoms with Crippen LogP contribution in [-0.4, -0.2) is 46.3 Å². The smallest absolute Gasteiger partial charge is 0.322 e. The van der Waals surface area contributed by atoms with Crippen molar-refractivity contribution in [2.45, 2.75) is 26.0 Å². The molecule has 0 fully saturated rings. The fourth-order valence-corrected chi connectivity index (χ4v) is 3.44. The molecule has 0 aliphatic heterocycles. The van der Waals surface area contributed by atoms with E-state index in [4.69, 9.17) is 16.3 Å². The molecule has 3 rings (SSSR count). The van der Waals surface area contributed by atoms with Crippen LogP contribution in [0.25, 0.3) is 10.8 Å². The minimum Gasteiger partial charge on any atom is -0.490 e. The number of halogens is 1. The van der Waals surface area contributed by atoms with Crippen LogP contribution in [-0.2, 0) is 0 Å². The lowest BCUT2D eigenvalue weighted by atomic mass is 10.1. The lowest BCUT2D eigenvalue weighted by molar-refractivity contribution is -0.384. The number of amides is 2. The molecule has 0 aromatic heterocycles. The van der Waals surface area contributed by atoms with Crippen LogP contribution in [0.5, 0.6) is 5.75 Å². The van der Waals surface area contributed by atoms with Crippen LogP contribution in [0.2, 0.25) is 5.02 Å². The second-order valence-electron chi connectivity index (χ2n) is 7.54. The van der Waals surface area contributed by atoms with Gasteiger partial charge in [0.05, 0.1) is 22.2 Å². The van der Waals surface area contributed by atoms with Crippen molar-refractivity contribution in [2.24, 2.45) is 0 Å². The van der Waals surface area contributed by atoms with Gasteiger partial charge in [-0.15, -0.1) is 0 Å². The summed E-state index contributed by atoms with van der Waals surface area (Å²) in [7, 11) is 0. The number of benzene rings is 3. The van der Waals surface area contributed by atoms with Gasteiger partial charge in [0.2, 0.25) is 0 Å². The number of aliphatic hydroxyl groups is 1. The van der Waals surface area contributed by atoms with E-state index < -0.39 is 17.1 Å². The topological polar surface area (TPSA) is 105 Å². The van der Waals surface area contributed by atoms with Gasteiger partial charge in [-0.05, 0) is 31.4 Å². The normalized spacial score (nSPS) is 11.9. The first-order valence-electron chi connectivity index (χ1n) is 10.1. The van der Waals surface area contributed by atoms with Crippen LogP contribution in [0.4, 0.5) is 16.2 Å². The highest BCUT2D eigenvalue weighted by molar-refractivity contribution is 6.33. The van der Waals surface area contributed by atoms with E-state index in [1.165, 1.54) is 23.1 Å². The van der Waals surface area contributed by atoms with Crippen LogP contribution in [0.3, 0.4) is 0 Å². The summed E-state index contributed by atoms with van der Waals surface area (Å²) in [5, 5.41) is 26.0. The third kappa shape index (κ3) is 5.66. The lowest BCUT2D eigenvalue weighted by Gasteiger charge is -2.29. The average molecular weight is 458 g/mol. The summed E-state index contributed by atoms with van der Waals surface area (Å²) in [5.41, 5.74) is 0.0733. The number of nitro benzene ring substituents is 1. The number of aliphatic hydroxyl groups excluding tert-OH is 1. The van der Waals surface area contributed by atoms with Crippen molar-refractivity contribution < 1.29 is 19.6 Å². The van der Waals surface area contributed by atoms with Crippen molar-refractivity contribution in [1.29, 1.82) is 0 Å². The van der Waals surface area contributed by atoms with E-state index in [1.54, 1.807) is 0 Å². The summed E-state index contributed by atoms with van der Waals surface area (Å²) < 4.78 is 5.82. The van der Waals surface area contributed by atoms with Crippen molar-refractivity contribution in [3.05, 3.63) is 75.8 Å². The molecule has 0 saturated carbocycles. The zero-order valence-corrected chi connectivity index (χ0v) is 18.5. The molecule has 9 heteroatoms. The predicted molar refractivity (Wildman–Crippen MR) is 124 cm³/mol. The number of carbonyl (C=O) groups excluding carboxylic acids is 1. The van der Waals surface area contributed by atoms with E-state index in [0.717, 1.165) is 10.8 Å². The Labute approximate surface area is 190 Å². The van der Waals surface area contributed by atoms with Crippen molar-refractivity contribution in [1.82, 2.24) is 4.90 Å². The largest absolute Gasteiger partial charge is 0.490 e. The third-order valence-electron chi connectivity index (χ3n) is 4.88. The van der Waals surface area contributed by atoms with Crippen LogP contribution in [0.15, 0.2) is 60.7 Å². The highest BCUT2D eigenvalue weighted by Gasteiger charge is 2.22. The fraction of sp³-hybridized carbons (Fsp3) is 0.261.